The van der Waals surface area contributed by atoms with Crippen LogP contribution in [0.2, 0.25) is 0 Å². The smallest absolute Gasteiger partial charge is 0 e. The predicted molar refractivity (Wildman–Crippen MR) is 43.8 cm³/mol. The van der Waals surface area contributed by atoms with Crippen LogP contribution >= 0.6 is 0 Å². The van der Waals surface area contributed by atoms with Gasteiger partial charge in [0.2, 0.25) is 0 Å². The average molecular weight is 251 g/mol. The molecule has 0 aromatic rings. The van der Waals surface area contributed by atoms with Gasteiger partial charge in [-0.05, 0) is 37.5 Å². The summed E-state index contributed by atoms with van der Waals surface area (Å²) in [6.45, 7) is 7.12. The van der Waals surface area contributed by atoms with Crippen molar-refractivity contribution in [1.82, 2.24) is 0 Å². The molecule has 0 saturated heterocycles. The summed E-state index contributed by atoms with van der Waals surface area (Å²) < 4.78 is 0. The van der Waals surface area contributed by atoms with E-state index in [4.69, 9.17) is 0 Å². The minimum atomic E-state index is 0. The molecule has 2 heteroatoms. The molecule has 3 aliphatic rings. The normalized spacial score (nSPS) is 29.8. The van der Waals surface area contributed by atoms with E-state index in [2.05, 4.69) is 20.8 Å². The molecule has 1 atom stereocenters. The van der Waals surface area contributed by atoms with Crippen molar-refractivity contribution in [3.63, 3.8) is 0 Å². The van der Waals surface area contributed by atoms with Crippen LogP contribution < -0.4 is 0 Å². The number of fused-ring (bicyclic) bond motifs is 2. The fourth-order valence-corrected chi connectivity index (χ4v) is 2.61. The van der Waals surface area contributed by atoms with Gasteiger partial charge in [-0.15, -0.1) is 0 Å². The Labute approximate surface area is 96.0 Å². The van der Waals surface area contributed by atoms with Crippen LogP contribution in [0, 0.1) is 11.3 Å². The summed E-state index contributed by atoms with van der Waals surface area (Å²) in [6.07, 6.45) is 4.24. The third-order valence-electron chi connectivity index (χ3n) is 3.63. The van der Waals surface area contributed by atoms with Crippen molar-refractivity contribution in [2.45, 2.75) is 40.0 Å². The molecule has 0 heterocycles. The molecule has 0 radical (unpaired) electrons. The van der Waals surface area contributed by atoms with Crippen LogP contribution in [-0.4, -0.2) is 0 Å². The molecule has 12 heavy (non-hydrogen) atoms. The first-order valence-electron chi connectivity index (χ1n) is 4.31. The molecule has 0 aromatic heterocycles. The molecule has 0 amide bonds. The molecule has 0 aliphatic heterocycles. The number of hydrogen-bond acceptors (Lipinski definition) is 0. The third-order valence-corrected chi connectivity index (χ3v) is 3.63. The molecular formula is C10H16FeNi. The van der Waals surface area contributed by atoms with E-state index in [1.807, 2.05) is 0 Å². The van der Waals surface area contributed by atoms with Gasteiger partial charge in [0.05, 0.1) is 0 Å². The van der Waals surface area contributed by atoms with Crippen molar-refractivity contribution in [2.75, 3.05) is 0 Å². The second kappa shape index (κ2) is 3.86. The maximum absolute atomic E-state index is 2.40. The van der Waals surface area contributed by atoms with Gasteiger partial charge in [0.25, 0.3) is 0 Å². The first kappa shape index (κ1) is 12.8. The summed E-state index contributed by atoms with van der Waals surface area (Å²) in [7, 11) is 0. The molecule has 3 aliphatic carbocycles. The van der Waals surface area contributed by atoms with E-state index >= 15 is 0 Å². The molecule has 0 nitrogen and oxygen atoms in total. The van der Waals surface area contributed by atoms with Gasteiger partial charge in [-0.3, -0.25) is 0 Å². The van der Waals surface area contributed by atoms with E-state index in [0.29, 0.717) is 5.41 Å². The molecule has 0 aromatic carbocycles. The van der Waals surface area contributed by atoms with Crippen molar-refractivity contribution >= 4 is 0 Å². The number of allylic oxidation sites excluding steroid dienone is 2. The van der Waals surface area contributed by atoms with Gasteiger partial charge in [-0.1, -0.05) is 25.0 Å². The van der Waals surface area contributed by atoms with Crippen LogP contribution in [-0.2, 0) is 33.6 Å². The minimum absolute atomic E-state index is 0. The Kier molecular flexibility index (Phi) is 4.11. The molecule has 1 unspecified atom stereocenters. The molecule has 74 valence electrons. The number of rotatable bonds is 0. The molecule has 2 bridgehead atoms. The molecule has 0 N–H and O–H groups in total. The Hall–Kier alpha value is 0.753. The van der Waals surface area contributed by atoms with Gasteiger partial charge in [0.15, 0.2) is 0 Å². The van der Waals surface area contributed by atoms with Crippen LogP contribution in [0.25, 0.3) is 0 Å². The van der Waals surface area contributed by atoms with Crippen LogP contribution in [0.15, 0.2) is 11.1 Å². The summed E-state index contributed by atoms with van der Waals surface area (Å²) in [5.74, 6) is 1.02. The zero-order valence-corrected chi connectivity index (χ0v) is 9.96. The topological polar surface area (TPSA) is 0 Å². The van der Waals surface area contributed by atoms with Crippen LogP contribution in [0.4, 0.5) is 0 Å². The third kappa shape index (κ3) is 1.54. The molecular weight excluding hydrogens is 235 g/mol. The summed E-state index contributed by atoms with van der Waals surface area (Å²) in [4.78, 5) is 0. The van der Waals surface area contributed by atoms with E-state index in [1.54, 1.807) is 11.1 Å². The van der Waals surface area contributed by atoms with Crippen molar-refractivity contribution in [3.8, 4) is 0 Å². The van der Waals surface area contributed by atoms with Gasteiger partial charge in [0.1, 0.15) is 0 Å². The largest absolute Gasteiger partial charge is 0.0735 e. The first-order valence-corrected chi connectivity index (χ1v) is 4.31. The van der Waals surface area contributed by atoms with Crippen molar-refractivity contribution in [3.05, 3.63) is 11.1 Å². The van der Waals surface area contributed by atoms with Crippen LogP contribution in [0.3, 0.4) is 0 Å². The van der Waals surface area contributed by atoms with Crippen molar-refractivity contribution in [1.29, 1.82) is 0 Å². The standard InChI is InChI=1S/C10H16.Fe.Ni/c1-7-4-5-8-6-9(7)10(8,2)3;;/h8H,4-6H2,1-3H3;;. The average Bonchev–Trinajstić information content (AvgIpc) is 1.87. The fourth-order valence-electron chi connectivity index (χ4n) is 2.61. The monoisotopic (exact) mass is 250 g/mol. The molecule has 0 spiro atoms. The summed E-state index contributed by atoms with van der Waals surface area (Å²) in [6, 6.07) is 0. The Bertz CT molecular complexity index is 206. The summed E-state index contributed by atoms with van der Waals surface area (Å²) in [5.41, 5.74) is 4.04. The predicted octanol–water partition coefficient (Wildman–Crippen LogP) is 3.14. The second-order valence-electron chi connectivity index (χ2n) is 4.42. The first-order chi connectivity index (χ1) is 4.62. The number of hydrogen-bond donors (Lipinski definition) is 0. The molecule has 1 fully saturated rings. The van der Waals surface area contributed by atoms with Gasteiger partial charge < -0.3 is 0 Å². The van der Waals surface area contributed by atoms with E-state index in [1.165, 1.54) is 19.3 Å². The van der Waals surface area contributed by atoms with Gasteiger partial charge in [0, 0.05) is 33.6 Å². The maximum Gasteiger partial charge on any atom is 0 e. The van der Waals surface area contributed by atoms with Crippen molar-refractivity contribution in [2.24, 2.45) is 11.3 Å². The van der Waals surface area contributed by atoms with Gasteiger partial charge >= 0.3 is 0 Å². The SMILES string of the molecule is CC1=C2CC(CC1)C2(C)C.[Fe].[Ni]. The van der Waals surface area contributed by atoms with Gasteiger partial charge in [-0.2, -0.15) is 0 Å². The van der Waals surface area contributed by atoms with E-state index in [9.17, 15) is 0 Å². The zero-order chi connectivity index (χ0) is 7.35. The van der Waals surface area contributed by atoms with E-state index in [-0.39, 0.29) is 33.6 Å². The fraction of sp³-hybridized carbons (Fsp3) is 0.800. The maximum atomic E-state index is 2.40. The Morgan fingerprint density at radius 2 is 1.92 bits per heavy atom. The van der Waals surface area contributed by atoms with Crippen LogP contribution in [0.5, 0.6) is 0 Å². The summed E-state index contributed by atoms with van der Waals surface area (Å²) >= 11 is 0. The van der Waals surface area contributed by atoms with E-state index in [0.717, 1.165) is 5.92 Å². The Balaban J connectivity index is 0.000000605. The Morgan fingerprint density at radius 3 is 2.17 bits per heavy atom. The zero-order valence-electron chi connectivity index (χ0n) is 7.87. The summed E-state index contributed by atoms with van der Waals surface area (Å²) in [5, 5.41) is 0. The Morgan fingerprint density at radius 1 is 1.33 bits per heavy atom. The quantitative estimate of drug-likeness (QED) is 0.458. The van der Waals surface area contributed by atoms with Crippen molar-refractivity contribution < 1.29 is 33.6 Å². The minimum Gasteiger partial charge on any atom is -0.0735 e. The van der Waals surface area contributed by atoms with Crippen LogP contribution in [0.1, 0.15) is 40.0 Å². The molecule has 3 rings (SSSR count). The van der Waals surface area contributed by atoms with Gasteiger partial charge in [-0.25, -0.2) is 0 Å². The van der Waals surface area contributed by atoms with E-state index < -0.39 is 0 Å². The second-order valence-corrected chi connectivity index (χ2v) is 4.42. The molecule has 1 saturated carbocycles.